The first-order chi connectivity index (χ1) is 4.20. The molecule has 0 saturated carbocycles. The van der Waals surface area contributed by atoms with E-state index in [9.17, 15) is 9.59 Å². The third-order valence-electron chi connectivity index (χ3n) is 0.924. The molecule has 0 aromatic rings. The summed E-state index contributed by atoms with van der Waals surface area (Å²) in [7, 11) is 0. The Labute approximate surface area is 51.7 Å². The minimum atomic E-state index is -0.895. The summed E-state index contributed by atoms with van der Waals surface area (Å²) >= 11 is 0. The molecule has 0 bridgehead atoms. The summed E-state index contributed by atoms with van der Waals surface area (Å²) in [6, 6.07) is 0. The first kappa shape index (κ1) is 6.07. The predicted molar refractivity (Wildman–Crippen MR) is 26.5 cm³/mol. The van der Waals surface area contributed by atoms with Gasteiger partial charge in [0.05, 0.1) is 0 Å². The molecule has 0 aliphatic carbocycles. The molecule has 0 spiro atoms. The number of cyclic esters (lactones) is 2. The average Bonchev–Trinajstić information content (AvgIpc) is 1.80. The van der Waals surface area contributed by atoms with Gasteiger partial charge in [-0.1, -0.05) is 0 Å². The monoisotopic (exact) mass is 130 g/mol. The summed E-state index contributed by atoms with van der Waals surface area (Å²) in [6.07, 6.45) is -0.296. The van der Waals surface area contributed by atoms with Crippen molar-refractivity contribution in [3.8, 4) is 0 Å². The second-order valence-corrected chi connectivity index (χ2v) is 1.81. The minimum absolute atomic E-state index is 0.171. The van der Waals surface area contributed by atoms with Gasteiger partial charge >= 0.3 is 11.9 Å². The summed E-state index contributed by atoms with van der Waals surface area (Å²) in [6.45, 7) is 1.83. The molecule has 1 unspecified atom stereocenters. The van der Waals surface area contributed by atoms with Crippen molar-refractivity contribution in [2.45, 2.75) is 13.0 Å². The molecule has 1 atom stereocenters. The standard InChI is InChI=1S/C5H6O4/c1-3-2-8-4(6)5(7)9-3/h3H,2H2,1H3. The van der Waals surface area contributed by atoms with Crippen LogP contribution in [0.4, 0.5) is 0 Å². The molecule has 0 amide bonds. The molecule has 9 heavy (non-hydrogen) atoms. The predicted octanol–water partition coefficient (Wildman–Crippen LogP) is -0.525. The maximum absolute atomic E-state index is 10.3. The van der Waals surface area contributed by atoms with E-state index >= 15 is 0 Å². The van der Waals surface area contributed by atoms with Crippen molar-refractivity contribution in [2.75, 3.05) is 6.61 Å². The van der Waals surface area contributed by atoms with Crippen LogP contribution in [0.3, 0.4) is 0 Å². The van der Waals surface area contributed by atoms with Gasteiger partial charge in [0.25, 0.3) is 0 Å². The molecule has 0 radical (unpaired) electrons. The fourth-order valence-electron chi connectivity index (χ4n) is 0.517. The lowest BCUT2D eigenvalue weighted by molar-refractivity contribution is -0.183. The molecule has 1 aliphatic heterocycles. The fraction of sp³-hybridized carbons (Fsp3) is 0.600. The zero-order chi connectivity index (χ0) is 6.85. The number of carbonyl (C=O) groups excluding carboxylic acids is 2. The van der Waals surface area contributed by atoms with Crippen molar-refractivity contribution in [2.24, 2.45) is 0 Å². The Morgan fingerprint density at radius 2 is 2.11 bits per heavy atom. The second kappa shape index (κ2) is 2.05. The van der Waals surface area contributed by atoms with Gasteiger partial charge in [0, 0.05) is 0 Å². The van der Waals surface area contributed by atoms with E-state index in [0.29, 0.717) is 0 Å². The topological polar surface area (TPSA) is 52.6 Å². The van der Waals surface area contributed by atoms with E-state index in [-0.39, 0.29) is 12.7 Å². The molecule has 1 fully saturated rings. The highest BCUT2D eigenvalue weighted by atomic mass is 16.6. The number of rotatable bonds is 0. The van der Waals surface area contributed by atoms with E-state index in [1.807, 2.05) is 0 Å². The Bertz CT molecular complexity index is 151. The van der Waals surface area contributed by atoms with Gasteiger partial charge < -0.3 is 9.47 Å². The van der Waals surface area contributed by atoms with Crippen molar-refractivity contribution < 1.29 is 19.1 Å². The Morgan fingerprint density at radius 1 is 1.44 bits per heavy atom. The van der Waals surface area contributed by atoms with E-state index in [2.05, 4.69) is 9.47 Å². The fourth-order valence-corrected chi connectivity index (χ4v) is 0.517. The molecule has 0 N–H and O–H groups in total. The quantitative estimate of drug-likeness (QED) is 0.327. The minimum Gasteiger partial charge on any atom is -0.453 e. The van der Waals surface area contributed by atoms with Crippen LogP contribution in [0.25, 0.3) is 0 Å². The van der Waals surface area contributed by atoms with Gasteiger partial charge in [-0.2, -0.15) is 0 Å². The molecule has 4 heteroatoms. The van der Waals surface area contributed by atoms with E-state index in [1.165, 1.54) is 0 Å². The van der Waals surface area contributed by atoms with Crippen LogP contribution in [0.15, 0.2) is 0 Å². The molecule has 0 aromatic carbocycles. The van der Waals surface area contributed by atoms with Crippen LogP contribution in [-0.2, 0) is 19.1 Å². The Hall–Kier alpha value is -1.06. The van der Waals surface area contributed by atoms with Gasteiger partial charge in [0.15, 0.2) is 0 Å². The molecular weight excluding hydrogens is 124 g/mol. The first-order valence-electron chi connectivity index (χ1n) is 2.58. The van der Waals surface area contributed by atoms with Gasteiger partial charge in [-0.15, -0.1) is 0 Å². The molecule has 1 heterocycles. The van der Waals surface area contributed by atoms with Crippen molar-refractivity contribution >= 4 is 11.9 Å². The summed E-state index contributed by atoms with van der Waals surface area (Å²) in [5, 5.41) is 0. The summed E-state index contributed by atoms with van der Waals surface area (Å²) in [4.78, 5) is 20.6. The average molecular weight is 130 g/mol. The van der Waals surface area contributed by atoms with E-state index in [1.54, 1.807) is 6.92 Å². The molecule has 0 aromatic heterocycles. The maximum Gasteiger partial charge on any atom is 0.417 e. The number of hydrogen-bond acceptors (Lipinski definition) is 4. The number of esters is 2. The van der Waals surface area contributed by atoms with Gasteiger partial charge in [0.1, 0.15) is 12.7 Å². The lowest BCUT2D eigenvalue weighted by Crippen LogP contribution is -2.34. The van der Waals surface area contributed by atoms with Crippen LogP contribution in [0.5, 0.6) is 0 Å². The van der Waals surface area contributed by atoms with Crippen molar-refractivity contribution in [3.63, 3.8) is 0 Å². The van der Waals surface area contributed by atoms with Crippen LogP contribution in [0.1, 0.15) is 6.92 Å². The van der Waals surface area contributed by atoms with E-state index in [4.69, 9.17) is 0 Å². The highest BCUT2D eigenvalue weighted by molar-refractivity contribution is 6.30. The zero-order valence-corrected chi connectivity index (χ0v) is 4.92. The molecule has 1 saturated heterocycles. The summed E-state index contributed by atoms with van der Waals surface area (Å²) < 4.78 is 8.87. The van der Waals surface area contributed by atoms with Crippen LogP contribution >= 0.6 is 0 Å². The maximum atomic E-state index is 10.3. The van der Waals surface area contributed by atoms with Gasteiger partial charge in [-0.3, -0.25) is 0 Å². The smallest absolute Gasteiger partial charge is 0.417 e. The van der Waals surface area contributed by atoms with Crippen molar-refractivity contribution in [1.82, 2.24) is 0 Å². The summed E-state index contributed by atoms with van der Waals surface area (Å²) in [5.74, 6) is -1.79. The molecule has 50 valence electrons. The highest BCUT2D eigenvalue weighted by Crippen LogP contribution is 2.00. The first-order valence-corrected chi connectivity index (χ1v) is 2.58. The SMILES string of the molecule is CC1COC(=O)C(=O)O1. The van der Waals surface area contributed by atoms with Crippen molar-refractivity contribution in [3.05, 3.63) is 0 Å². The van der Waals surface area contributed by atoms with Crippen molar-refractivity contribution in [1.29, 1.82) is 0 Å². The highest BCUT2D eigenvalue weighted by Gasteiger charge is 2.26. The van der Waals surface area contributed by atoms with E-state index < -0.39 is 11.9 Å². The van der Waals surface area contributed by atoms with Gasteiger partial charge in [-0.25, -0.2) is 9.59 Å². The number of hydrogen-bond donors (Lipinski definition) is 0. The van der Waals surface area contributed by atoms with Crippen LogP contribution in [0.2, 0.25) is 0 Å². The van der Waals surface area contributed by atoms with Crippen LogP contribution in [-0.4, -0.2) is 24.6 Å². The Balaban J connectivity index is 2.54. The van der Waals surface area contributed by atoms with Gasteiger partial charge in [0.2, 0.25) is 0 Å². The molecular formula is C5H6O4. The Kier molecular flexibility index (Phi) is 1.38. The zero-order valence-electron chi connectivity index (χ0n) is 4.92. The molecule has 4 nitrogen and oxygen atoms in total. The number of ether oxygens (including phenoxy) is 2. The Morgan fingerprint density at radius 3 is 2.56 bits per heavy atom. The lowest BCUT2D eigenvalue weighted by Gasteiger charge is -2.17. The lowest BCUT2D eigenvalue weighted by atomic mass is 10.4. The summed E-state index contributed by atoms with van der Waals surface area (Å²) in [5.41, 5.74) is 0. The van der Waals surface area contributed by atoms with Gasteiger partial charge in [-0.05, 0) is 6.92 Å². The molecule has 1 rings (SSSR count). The normalized spacial score (nSPS) is 27.0. The van der Waals surface area contributed by atoms with Crippen LogP contribution in [0, 0.1) is 0 Å². The van der Waals surface area contributed by atoms with Crippen LogP contribution < -0.4 is 0 Å². The van der Waals surface area contributed by atoms with E-state index in [0.717, 1.165) is 0 Å². The third-order valence-corrected chi connectivity index (χ3v) is 0.924. The largest absolute Gasteiger partial charge is 0.453 e. The number of carbonyl (C=O) groups is 2. The third kappa shape index (κ3) is 1.19. The second-order valence-electron chi connectivity index (χ2n) is 1.81. The molecule has 1 aliphatic rings.